The van der Waals surface area contributed by atoms with Crippen LogP contribution in [0.4, 0.5) is 4.39 Å². The maximum absolute atomic E-state index is 14.0. The van der Waals surface area contributed by atoms with E-state index in [4.69, 9.17) is 26.4 Å². The van der Waals surface area contributed by atoms with Gasteiger partial charge in [0.15, 0.2) is 17.3 Å². The van der Waals surface area contributed by atoms with Crippen LogP contribution in [-0.2, 0) is 13.2 Å². The first-order chi connectivity index (χ1) is 17.0. The van der Waals surface area contributed by atoms with Crippen LogP contribution in [0.25, 0.3) is 11.4 Å². The van der Waals surface area contributed by atoms with Gasteiger partial charge in [-0.3, -0.25) is 0 Å². The molecule has 0 bridgehead atoms. The number of halogens is 2. The highest BCUT2D eigenvalue weighted by atomic mass is 79.9. The number of H-pyrrole nitrogens is 1. The molecule has 0 radical (unpaired) electrons. The van der Waals surface area contributed by atoms with Gasteiger partial charge in [-0.25, -0.2) is 14.2 Å². The Morgan fingerprint density at radius 1 is 1.09 bits per heavy atom. The number of methoxy groups -OCH3 is 1. The zero-order valence-corrected chi connectivity index (χ0v) is 21.6. The van der Waals surface area contributed by atoms with Gasteiger partial charge in [0.2, 0.25) is 4.77 Å². The predicted molar refractivity (Wildman–Crippen MR) is 139 cm³/mol. The summed E-state index contributed by atoms with van der Waals surface area (Å²) in [6.07, 6.45) is 0. The molecule has 0 unspecified atom stereocenters. The molecule has 4 rings (SSSR count). The molecule has 3 aromatic carbocycles. The van der Waals surface area contributed by atoms with Crippen LogP contribution in [0.5, 0.6) is 17.2 Å². The Morgan fingerprint density at radius 3 is 2.63 bits per heavy atom. The van der Waals surface area contributed by atoms with E-state index in [-0.39, 0.29) is 12.4 Å². The van der Waals surface area contributed by atoms with Crippen molar-refractivity contribution < 1.29 is 18.6 Å². The smallest absolute Gasteiger partial charge is 0.214 e. The molecule has 7 nitrogen and oxygen atoms in total. The maximum Gasteiger partial charge on any atom is 0.214 e. The molecule has 0 saturated carbocycles. The number of benzene rings is 3. The van der Waals surface area contributed by atoms with E-state index in [2.05, 4.69) is 31.6 Å². The highest BCUT2D eigenvalue weighted by Crippen LogP contribution is 2.38. The van der Waals surface area contributed by atoms with Crippen molar-refractivity contribution in [1.29, 1.82) is 0 Å². The second-order valence-electron chi connectivity index (χ2n) is 7.44. The van der Waals surface area contributed by atoms with Crippen molar-refractivity contribution in [3.05, 3.63) is 86.9 Å². The van der Waals surface area contributed by atoms with Crippen molar-refractivity contribution in [3.8, 4) is 28.6 Å². The van der Waals surface area contributed by atoms with Crippen LogP contribution in [0.3, 0.4) is 0 Å². The molecule has 2 N–H and O–H groups in total. The molecule has 0 atom stereocenters. The van der Waals surface area contributed by atoms with Crippen LogP contribution < -0.4 is 19.6 Å². The van der Waals surface area contributed by atoms with E-state index in [1.807, 2.05) is 43.3 Å². The van der Waals surface area contributed by atoms with Gasteiger partial charge in [-0.05, 0) is 71.0 Å². The topological polar surface area (TPSA) is 73.3 Å². The number of nitrogens with zero attached hydrogens (tertiary/aromatic N) is 2. The molecule has 10 heteroatoms. The predicted octanol–water partition coefficient (Wildman–Crippen LogP) is 6.24. The minimum atomic E-state index is -0.315. The van der Waals surface area contributed by atoms with E-state index in [9.17, 15) is 4.39 Å². The van der Waals surface area contributed by atoms with E-state index in [1.165, 1.54) is 6.07 Å². The average molecular weight is 559 g/mol. The number of rotatable bonds is 10. The first-order valence-corrected chi connectivity index (χ1v) is 12.1. The molecular weight excluding hydrogens is 535 g/mol. The minimum absolute atomic E-state index is 0.0788. The fourth-order valence-electron chi connectivity index (χ4n) is 3.52. The molecule has 0 aliphatic heterocycles. The Balaban J connectivity index is 1.57. The highest BCUT2D eigenvalue weighted by Gasteiger charge is 2.16. The third-order valence-corrected chi connectivity index (χ3v) is 6.02. The largest absolute Gasteiger partial charge is 0.496 e. The maximum atomic E-state index is 14.0. The van der Waals surface area contributed by atoms with Crippen molar-refractivity contribution in [2.75, 3.05) is 19.1 Å². The van der Waals surface area contributed by atoms with E-state index in [0.29, 0.717) is 51.0 Å². The van der Waals surface area contributed by atoms with E-state index in [0.717, 1.165) is 11.1 Å². The summed E-state index contributed by atoms with van der Waals surface area (Å²) >= 11 is 9.00. The lowest BCUT2D eigenvalue weighted by molar-refractivity contribution is 0.264. The number of aromatic nitrogens is 3. The Kier molecular flexibility index (Phi) is 8.04. The molecule has 0 amide bonds. The van der Waals surface area contributed by atoms with Crippen LogP contribution in [-0.4, -0.2) is 28.6 Å². The van der Waals surface area contributed by atoms with Crippen LogP contribution in [0.15, 0.2) is 65.1 Å². The number of para-hydroxylation sites is 1. The Bertz CT molecular complexity index is 1380. The summed E-state index contributed by atoms with van der Waals surface area (Å²) in [6, 6.07) is 17.9. The molecule has 0 saturated heterocycles. The Morgan fingerprint density at radius 2 is 1.86 bits per heavy atom. The second-order valence-corrected chi connectivity index (χ2v) is 8.68. The number of hydrogen-bond acceptors (Lipinski definition) is 6. The zero-order chi connectivity index (χ0) is 24.8. The van der Waals surface area contributed by atoms with Crippen molar-refractivity contribution in [2.45, 2.75) is 20.1 Å². The summed E-state index contributed by atoms with van der Waals surface area (Å²) in [5, 5.41) is 7.19. The van der Waals surface area contributed by atoms with Crippen LogP contribution >= 0.6 is 28.1 Å². The monoisotopic (exact) mass is 558 g/mol. The number of nitrogens with one attached hydrogen (secondary N) is 2. The van der Waals surface area contributed by atoms with Gasteiger partial charge in [-0.15, -0.1) is 0 Å². The van der Waals surface area contributed by atoms with Crippen molar-refractivity contribution in [2.24, 2.45) is 0 Å². The van der Waals surface area contributed by atoms with Crippen LogP contribution in [0.2, 0.25) is 0 Å². The van der Waals surface area contributed by atoms with Crippen molar-refractivity contribution in [1.82, 2.24) is 14.9 Å². The third kappa shape index (κ3) is 5.66. The zero-order valence-electron chi connectivity index (χ0n) is 19.2. The van der Waals surface area contributed by atoms with Gasteiger partial charge in [-0.2, -0.15) is 5.10 Å². The molecule has 1 aromatic heterocycles. The first-order valence-electron chi connectivity index (χ1n) is 10.9. The number of ether oxygens (including phenoxy) is 3. The highest BCUT2D eigenvalue weighted by molar-refractivity contribution is 9.10. The molecule has 4 aromatic rings. The fourth-order valence-corrected chi connectivity index (χ4v) is 4.32. The standard InChI is InChI=1S/C25H24BrFN4O3S/c1-3-33-22-13-16(12-19(26)23(22)34-15-17-8-4-6-10-20(17)27)14-28-31-24(29-30-25(31)35)18-9-5-7-11-21(18)32-2/h4-13,28H,3,14-15H2,1-2H3,(H,30,35). The molecule has 0 aliphatic carbocycles. The summed E-state index contributed by atoms with van der Waals surface area (Å²) in [4.78, 5) is 0. The van der Waals surface area contributed by atoms with Crippen molar-refractivity contribution in [3.63, 3.8) is 0 Å². The summed E-state index contributed by atoms with van der Waals surface area (Å²) in [7, 11) is 1.61. The quantitative estimate of drug-likeness (QED) is 0.224. The molecule has 0 spiro atoms. The summed E-state index contributed by atoms with van der Waals surface area (Å²) < 4.78 is 34.1. The van der Waals surface area contributed by atoms with Crippen LogP contribution in [0, 0.1) is 10.6 Å². The molecule has 182 valence electrons. The van der Waals surface area contributed by atoms with E-state index >= 15 is 0 Å². The average Bonchev–Trinajstić information content (AvgIpc) is 3.23. The van der Waals surface area contributed by atoms with E-state index < -0.39 is 0 Å². The fraction of sp³-hybridized carbons (Fsp3) is 0.200. The van der Waals surface area contributed by atoms with Gasteiger partial charge in [0.05, 0.1) is 30.3 Å². The van der Waals surface area contributed by atoms with Gasteiger partial charge in [0.1, 0.15) is 18.2 Å². The second kappa shape index (κ2) is 11.4. The van der Waals surface area contributed by atoms with Gasteiger partial charge in [0.25, 0.3) is 0 Å². The lowest BCUT2D eigenvalue weighted by Gasteiger charge is -2.17. The normalized spacial score (nSPS) is 10.7. The van der Waals surface area contributed by atoms with Gasteiger partial charge in [-0.1, -0.05) is 30.3 Å². The molecule has 0 aliphatic rings. The van der Waals surface area contributed by atoms with Gasteiger partial charge in [0, 0.05) is 5.56 Å². The Labute approximate surface area is 216 Å². The SMILES string of the molecule is CCOc1cc(CNn2c(-c3ccccc3OC)n[nH]c2=S)cc(Br)c1OCc1ccccc1F. The minimum Gasteiger partial charge on any atom is -0.496 e. The summed E-state index contributed by atoms with van der Waals surface area (Å²) in [5.74, 6) is 2.03. The number of aromatic amines is 1. The van der Waals surface area contributed by atoms with Crippen molar-refractivity contribution >= 4 is 28.1 Å². The molecule has 35 heavy (non-hydrogen) atoms. The molecule has 0 fully saturated rings. The van der Waals surface area contributed by atoms with Gasteiger partial charge < -0.3 is 19.6 Å². The van der Waals surface area contributed by atoms with Gasteiger partial charge >= 0.3 is 0 Å². The summed E-state index contributed by atoms with van der Waals surface area (Å²) in [5.41, 5.74) is 5.47. The molecule has 1 heterocycles. The lowest BCUT2D eigenvalue weighted by Crippen LogP contribution is -2.16. The Hall–Kier alpha value is -3.37. The summed E-state index contributed by atoms with van der Waals surface area (Å²) in [6.45, 7) is 2.84. The van der Waals surface area contributed by atoms with E-state index in [1.54, 1.807) is 30.0 Å². The lowest BCUT2D eigenvalue weighted by atomic mass is 10.2. The first kappa shape index (κ1) is 24.7. The van der Waals surface area contributed by atoms with Crippen LogP contribution in [0.1, 0.15) is 18.1 Å². The molecular formula is C25H24BrFN4O3S. The third-order valence-electron chi connectivity index (χ3n) is 5.16. The number of hydrogen-bond donors (Lipinski definition) is 2.